The number of ether oxygens (including phenoxy) is 1. The molecule has 1 spiro atoms. The lowest BCUT2D eigenvalue weighted by atomic mass is 9.77. The number of piperidine rings is 1. The summed E-state index contributed by atoms with van der Waals surface area (Å²) in [7, 11) is -2.52. The number of hydrogen-bond acceptors (Lipinski definition) is 5. The van der Waals surface area contributed by atoms with Crippen molar-refractivity contribution in [3.63, 3.8) is 0 Å². The first-order valence-corrected chi connectivity index (χ1v) is 10.7. The summed E-state index contributed by atoms with van der Waals surface area (Å²) in [5.74, 6) is 0.600. The van der Waals surface area contributed by atoms with Gasteiger partial charge in [0.2, 0.25) is 0 Å². The highest BCUT2D eigenvalue weighted by Gasteiger charge is 2.43. The Balaban J connectivity index is 1.56. The van der Waals surface area contributed by atoms with Crippen molar-refractivity contribution in [2.45, 2.75) is 19.3 Å². The molecule has 0 saturated carbocycles. The number of pyridine rings is 1. The molecule has 2 fully saturated rings. The monoisotopic (exact) mass is 412 g/mol. The smallest absolute Gasteiger partial charge is 0.268 e. The fourth-order valence-corrected chi connectivity index (χ4v) is 5.30. The summed E-state index contributed by atoms with van der Waals surface area (Å²) in [6.07, 6.45) is 4.34. The van der Waals surface area contributed by atoms with Crippen molar-refractivity contribution in [1.29, 1.82) is 4.78 Å². The summed E-state index contributed by atoms with van der Waals surface area (Å²) >= 11 is 6.31. The molecule has 2 aliphatic rings. The first kappa shape index (κ1) is 18.7. The van der Waals surface area contributed by atoms with Crippen LogP contribution in [0.1, 0.15) is 19.3 Å². The van der Waals surface area contributed by atoms with Gasteiger partial charge in [-0.3, -0.25) is 4.98 Å². The third-order valence-corrected chi connectivity index (χ3v) is 7.16. The molecule has 2 saturated heterocycles. The van der Waals surface area contributed by atoms with Crippen LogP contribution in [0.15, 0.2) is 24.4 Å². The van der Waals surface area contributed by atoms with Crippen molar-refractivity contribution in [2.75, 3.05) is 38.2 Å². The van der Waals surface area contributed by atoms with Gasteiger partial charge in [-0.25, -0.2) is 4.78 Å². The number of methoxy groups -OCH3 is 1. The maximum absolute atomic E-state index is 13.5. The molecule has 146 valence electrons. The molecule has 2 aromatic rings. The van der Waals surface area contributed by atoms with Gasteiger partial charge in [0.1, 0.15) is 5.75 Å². The quantitative estimate of drug-likeness (QED) is 0.772. The molecule has 1 aromatic heterocycles. The lowest BCUT2D eigenvalue weighted by Crippen LogP contribution is -2.42. The fourth-order valence-electron chi connectivity index (χ4n) is 4.29. The van der Waals surface area contributed by atoms with E-state index in [1.165, 1.54) is 4.31 Å². The van der Waals surface area contributed by atoms with Crippen molar-refractivity contribution in [3.05, 3.63) is 29.4 Å². The molecule has 0 radical (unpaired) electrons. The summed E-state index contributed by atoms with van der Waals surface area (Å²) in [6, 6.07) is 5.72. The Hall–Kier alpha value is -1.64. The zero-order valence-corrected chi connectivity index (χ0v) is 16.7. The van der Waals surface area contributed by atoms with Crippen LogP contribution in [0.2, 0.25) is 5.02 Å². The second-order valence-corrected chi connectivity index (χ2v) is 9.23. The van der Waals surface area contributed by atoms with Crippen LogP contribution in [0.3, 0.4) is 0 Å². The summed E-state index contributed by atoms with van der Waals surface area (Å²) in [5.41, 5.74) is 1.85. The maximum atomic E-state index is 13.5. The van der Waals surface area contributed by atoms with Gasteiger partial charge in [-0.2, -0.15) is 8.51 Å². The zero-order valence-electron chi connectivity index (χ0n) is 15.1. The van der Waals surface area contributed by atoms with Crippen molar-refractivity contribution in [2.24, 2.45) is 5.41 Å². The van der Waals surface area contributed by atoms with Crippen LogP contribution in [-0.4, -0.2) is 46.8 Å². The molecule has 0 aliphatic carbocycles. The van der Waals surface area contributed by atoms with E-state index in [0.29, 0.717) is 23.9 Å². The van der Waals surface area contributed by atoms with E-state index in [4.69, 9.17) is 21.1 Å². The summed E-state index contributed by atoms with van der Waals surface area (Å²) in [4.78, 5) is 6.73. The van der Waals surface area contributed by atoms with E-state index in [9.17, 15) is 8.09 Å². The molecule has 6 nitrogen and oxygen atoms in total. The van der Waals surface area contributed by atoms with Crippen LogP contribution in [0.25, 0.3) is 10.9 Å². The second-order valence-electron chi connectivity index (χ2n) is 7.39. The molecule has 2 aliphatic heterocycles. The first-order valence-electron chi connectivity index (χ1n) is 8.92. The predicted molar refractivity (Wildman–Crippen MR) is 105 cm³/mol. The molecule has 1 atom stereocenters. The van der Waals surface area contributed by atoms with Gasteiger partial charge in [0.25, 0.3) is 10.3 Å². The Kier molecular flexibility index (Phi) is 4.68. The lowest BCUT2D eigenvalue weighted by Gasteiger charge is -2.40. The van der Waals surface area contributed by atoms with E-state index in [1.807, 2.05) is 18.2 Å². The van der Waals surface area contributed by atoms with E-state index >= 15 is 0 Å². The first-order chi connectivity index (χ1) is 12.8. The number of hydrogen-bond donors (Lipinski definition) is 1. The summed E-state index contributed by atoms with van der Waals surface area (Å²) in [6.45, 7) is 2.44. The van der Waals surface area contributed by atoms with E-state index in [1.54, 1.807) is 13.3 Å². The van der Waals surface area contributed by atoms with E-state index in [0.717, 1.165) is 48.9 Å². The Morgan fingerprint density at radius 2 is 2.00 bits per heavy atom. The molecular formula is C18H22ClFN4O2S. The molecule has 27 heavy (non-hydrogen) atoms. The molecule has 0 amide bonds. The van der Waals surface area contributed by atoms with Crippen molar-refractivity contribution in [1.82, 2.24) is 9.29 Å². The highest BCUT2D eigenvalue weighted by atomic mass is 35.5. The highest BCUT2D eigenvalue weighted by Crippen LogP contribution is 2.43. The van der Waals surface area contributed by atoms with Crippen molar-refractivity contribution in [3.8, 4) is 5.75 Å². The average Bonchev–Trinajstić information content (AvgIpc) is 3.06. The standard InChI is InChI=1S/C18H22ClFN4O2S/c1-26-17-11-15-13(10-14(17)19)16(2-6-22-15)23-7-3-18(4-8-23)5-9-24(12-18)27(20,21)25/h2,6,10-11,21H,3-5,7-9,12H2,1H3/t27-/m1/s1. The third kappa shape index (κ3) is 3.46. The minimum Gasteiger partial charge on any atom is -0.495 e. The zero-order chi connectivity index (χ0) is 19.2. The highest BCUT2D eigenvalue weighted by molar-refractivity contribution is 7.85. The van der Waals surface area contributed by atoms with Gasteiger partial charge in [-0.05, 0) is 36.8 Å². The van der Waals surface area contributed by atoms with E-state index in [-0.39, 0.29) is 5.41 Å². The molecule has 1 aromatic carbocycles. The van der Waals surface area contributed by atoms with Crippen molar-refractivity contribution >= 4 is 38.5 Å². The number of aromatic nitrogens is 1. The minimum atomic E-state index is -4.10. The van der Waals surface area contributed by atoms with Crippen molar-refractivity contribution < 1.29 is 12.8 Å². The molecule has 0 bridgehead atoms. The number of benzene rings is 1. The Bertz CT molecular complexity index is 977. The van der Waals surface area contributed by atoms with Gasteiger partial charge < -0.3 is 9.64 Å². The second kappa shape index (κ2) is 6.76. The topological polar surface area (TPSA) is 69.5 Å². The number of halogens is 2. The Morgan fingerprint density at radius 1 is 1.30 bits per heavy atom. The Morgan fingerprint density at radius 3 is 2.63 bits per heavy atom. The SMILES string of the molecule is COc1cc2nccc(N3CCC4(CC3)CCN([S@@](=N)(=O)F)C4)c2cc1Cl. The summed E-state index contributed by atoms with van der Waals surface area (Å²) in [5, 5.41) is 1.53. The number of nitrogens with one attached hydrogen (secondary N) is 1. The maximum Gasteiger partial charge on any atom is 0.268 e. The number of fused-ring (bicyclic) bond motifs is 1. The fraction of sp³-hybridized carbons (Fsp3) is 0.500. The predicted octanol–water partition coefficient (Wildman–Crippen LogP) is 4.04. The van der Waals surface area contributed by atoms with Crippen LogP contribution in [0.4, 0.5) is 9.57 Å². The largest absolute Gasteiger partial charge is 0.495 e. The average molecular weight is 413 g/mol. The molecule has 1 N–H and O–H groups in total. The van der Waals surface area contributed by atoms with Gasteiger partial charge in [-0.15, -0.1) is 3.89 Å². The van der Waals surface area contributed by atoms with Crippen LogP contribution in [0, 0.1) is 10.2 Å². The van der Waals surface area contributed by atoms with Crippen LogP contribution >= 0.6 is 11.6 Å². The molecule has 4 rings (SSSR count). The van der Waals surface area contributed by atoms with Gasteiger partial charge in [-0.1, -0.05) is 11.6 Å². The number of rotatable bonds is 3. The Labute approximate surface area is 163 Å². The molecular weight excluding hydrogens is 391 g/mol. The van der Waals surface area contributed by atoms with Gasteiger partial charge in [0, 0.05) is 49.5 Å². The van der Waals surface area contributed by atoms with Crippen LogP contribution in [-0.2, 0) is 10.3 Å². The lowest BCUT2D eigenvalue weighted by molar-refractivity contribution is 0.235. The third-order valence-electron chi connectivity index (χ3n) is 5.89. The minimum absolute atomic E-state index is 0.0456. The van der Waals surface area contributed by atoms with Gasteiger partial charge in [0.05, 0.1) is 17.6 Å². The van der Waals surface area contributed by atoms with Gasteiger partial charge >= 0.3 is 0 Å². The molecule has 3 heterocycles. The molecule has 9 heteroatoms. The van der Waals surface area contributed by atoms with Gasteiger partial charge in [0.15, 0.2) is 0 Å². The summed E-state index contributed by atoms with van der Waals surface area (Å²) < 4.78 is 38.6. The van der Waals surface area contributed by atoms with Crippen LogP contribution < -0.4 is 9.64 Å². The van der Waals surface area contributed by atoms with E-state index in [2.05, 4.69) is 9.88 Å². The number of nitrogens with zero attached hydrogens (tertiary/aromatic N) is 3. The van der Waals surface area contributed by atoms with Crippen LogP contribution in [0.5, 0.6) is 5.75 Å². The van der Waals surface area contributed by atoms with E-state index < -0.39 is 10.3 Å². The number of anilines is 1. The normalized spacial score (nSPS) is 22.3. The molecule has 0 unspecified atom stereocenters.